The Morgan fingerprint density at radius 3 is 2.40 bits per heavy atom. The molecule has 0 aliphatic carbocycles. The fraction of sp³-hybridized carbons (Fsp3) is 0.500. The highest BCUT2D eigenvalue weighted by molar-refractivity contribution is 6.30. The lowest BCUT2D eigenvalue weighted by Crippen LogP contribution is -2.38. The Hall–Kier alpha value is -1.80. The summed E-state index contributed by atoms with van der Waals surface area (Å²) in [6.07, 6.45) is -4.61. The van der Waals surface area contributed by atoms with Crippen LogP contribution in [0.2, 0.25) is 5.02 Å². The van der Waals surface area contributed by atoms with Crippen molar-refractivity contribution in [2.24, 2.45) is 11.8 Å². The van der Waals surface area contributed by atoms with Crippen molar-refractivity contribution >= 4 is 23.5 Å². The fourth-order valence-electron chi connectivity index (χ4n) is 2.92. The number of carboxylic acid groups (broad SMARTS) is 1. The van der Waals surface area contributed by atoms with Gasteiger partial charge in [-0.1, -0.05) is 23.7 Å². The molecule has 1 aliphatic rings. The highest BCUT2D eigenvalue weighted by atomic mass is 35.5. The first-order chi connectivity index (χ1) is 11.6. The van der Waals surface area contributed by atoms with E-state index >= 15 is 0 Å². The Kier molecular flexibility index (Phi) is 5.95. The summed E-state index contributed by atoms with van der Waals surface area (Å²) in [5.41, 5.74) is 0.802. The quantitative estimate of drug-likeness (QED) is 0.826. The van der Waals surface area contributed by atoms with Crippen LogP contribution in [0.25, 0.3) is 0 Å². The second-order valence-corrected chi connectivity index (χ2v) is 6.56. The zero-order valence-corrected chi connectivity index (χ0v) is 14.1. The number of alkyl halides is 3. The number of likely N-dealkylation sites (tertiary alicyclic amines) is 1. The number of benzene rings is 1. The van der Waals surface area contributed by atoms with Crippen molar-refractivity contribution in [3.63, 3.8) is 0 Å². The number of hydrogen-bond acceptors (Lipinski definition) is 3. The molecule has 5 nitrogen and oxygen atoms in total. The Bertz CT molecular complexity index is 637. The molecule has 1 amide bonds. The van der Waals surface area contributed by atoms with Crippen LogP contribution in [0.4, 0.5) is 13.2 Å². The average Bonchev–Trinajstić information content (AvgIpc) is 2.92. The number of carbonyl (C=O) groups excluding carboxylic acids is 1. The minimum atomic E-state index is -4.61. The number of aliphatic carboxylic acids is 1. The van der Waals surface area contributed by atoms with Crippen LogP contribution in [-0.2, 0) is 9.59 Å². The zero-order chi connectivity index (χ0) is 18.8. The molecule has 138 valence electrons. The van der Waals surface area contributed by atoms with Crippen LogP contribution in [0.1, 0.15) is 18.5 Å². The van der Waals surface area contributed by atoms with Crippen molar-refractivity contribution < 1.29 is 27.9 Å². The van der Waals surface area contributed by atoms with E-state index in [1.165, 1.54) is 4.90 Å². The third-order valence-electron chi connectivity index (χ3n) is 4.25. The molecule has 1 saturated heterocycles. The van der Waals surface area contributed by atoms with Gasteiger partial charge in [-0.3, -0.25) is 14.5 Å². The summed E-state index contributed by atoms with van der Waals surface area (Å²) >= 11 is 5.79. The number of halogens is 4. The van der Waals surface area contributed by atoms with E-state index in [0.717, 1.165) is 5.56 Å². The number of nitrogens with one attached hydrogen (secondary N) is 1. The first kappa shape index (κ1) is 19.5. The monoisotopic (exact) mass is 378 g/mol. The Morgan fingerprint density at radius 1 is 1.32 bits per heavy atom. The molecule has 2 N–H and O–H groups in total. The first-order valence-electron chi connectivity index (χ1n) is 7.64. The second kappa shape index (κ2) is 7.61. The van der Waals surface area contributed by atoms with Crippen LogP contribution in [0.5, 0.6) is 0 Å². The van der Waals surface area contributed by atoms with Crippen LogP contribution in [0.3, 0.4) is 0 Å². The van der Waals surface area contributed by atoms with Crippen LogP contribution in [0.15, 0.2) is 24.3 Å². The van der Waals surface area contributed by atoms with E-state index in [9.17, 15) is 22.8 Å². The summed E-state index contributed by atoms with van der Waals surface area (Å²) in [7, 11) is 0. The van der Waals surface area contributed by atoms with Crippen LogP contribution in [0, 0.1) is 11.8 Å². The molecule has 0 radical (unpaired) electrons. The molecule has 0 spiro atoms. The van der Waals surface area contributed by atoms with Gasteiger partial charge in [-0.05, 0) is 24.6 Å². The van der Waals surface area contributed by atoms with E-state index in [1.807, 2.05) is 0 Å². The van der Waals surface area contributed by atoms with E-state index in [1.54, 1.807) is 31.2 Å². The molecule has 1 aliphatic heterocycles. The molecule has 3 atom stereocenters. The van der Waals surface area contributed by atoms with Gasteiger partial charge in [0.1, 0.15) is 0 Å². The minimum Gasteiger partial charge on any atom is -0.481 e. The van der Waals surface area contributed by atoms with Gasteiger partial charge in [-0.15, -0.1) is 0 Å². The standard InChI is InChI=1S/C16H18ClF3N2O3/c1-9(10-2-4-11(17)5-3-10)21-14(23)8-22-6-12(15(24)25)13(7-22)16(18,19)20/h2-5,9,12-13H,6-8H2,1H3,(H,21,23)(H,24,25)/t9?,12-,13-/m1/s1. The summed E-state index contributed by atoms with van der Waals surface area (Å²) in [6, 6.07) is 6.48. The smallest absolute Gasteiger partial charge is 0.393 e. The molecule has 25 heavy (non-hydrogen) atoms. The number of hydrogen-bond donors (Lipinski definition) is 2. The third-order valence-corrected chi connectivity index (χ3v) is 4.50. The predicted molar refractivity (Wildman–Crippen MR) is 85.1 cm³/mol. The molecule has 1 unspecified atom stereocenters. The van der Waals surface area contributed by atoms with Gasteiger partial charge in [0.2, 0.25) is 5.91 Å². The lowest BCUT2D eigenvalue weighted by atomic mass is 9.96. The van der Waals surface area contributed by atoms with Crippen molar-refractivity contribution in [2.45, 2.75) is 19.1 Å². The van der Waals surface area contributed by atoms with Crippen molar-refractivity contribution in [1.82, 2.24) is 10.2 Å². The Labute approximate surface area is 147 Å². The largest absolute Gasteiger partial charge is 0.481 e. The lowest BCUT2D eigenvalue weighted by Gasteiger charge is -2.19. The van der Waals surface area contributed by atoms with Gasteiger partial charge in [0.25, 0.3) is 0 Å². The molecule has 1 aromatic rings. The average molecular weight is 379 g/mol. The second-order valence-electron chi connectivity index (χ2n) is 6.13. The van der Waals surface area contributed by atoms with Crippen LogP contribution >= 0.6 is 11.6 Å². The molecule has 9 heteroatoms. The van der Waals surface area contributed by atoms with E-state index < -0.39 is 36.4 Å². The van der Waals surface area contributed by atoms with Gasteiger partial charge in [-0.2, -0.15) is 13.2 Å². The molecular formula is C16H18ClF3N2O3. The summed E-state index contributed by atoms with van der Waals surface area (Å²) in [5, 5.41) is 12.2. The zero-order valence-electron chi connectivity index (χ0n) is 13.4. The molecule has 1 aromatic carbocycles. The molecule has 1 fully saturated rings. The van der Waals surface area contributed by atoms with E-state index in [-0.39, 0.29) is 19.1 Å². The van der Waals surface area contributed by atoms with Gasteiger partial charge >= 0.3 is 12.1 Å². The van der Waals surface area contributed by atoms with Crippen molar-refractivity contribution in [3.8, 4) is 0 Å². The summed E-state index contributed by atoms with van der Waals surface area (Å²) in [6.45, 7) is 0.656. The predicted octanol–water partition coefficient (Wildman–Crippen LogP) is 2.71. The van der Waals surface area contributed by atoms with Crippen LogP contribution < -0.4 is 5.32 Å². The Balaban J connectivity index is 1.94. The number of carbonyl (C=O) groups is 2. The molecule has 2 rings (SSSR count). The minimum absolute atomic E-state index is 0.283. The van der Waals surface area contributed by atoms with Gasteiger partial charge in [0, 0.05) is 18.1 Å². The van der Waals surface area contributed by atoms with E-state index in [2.05, 4.69) is 5.32 Å². The first-order valence-corrected chi connectivity index (χ1v) is 8.02. The fourth-order valence-corrected chi connectivity index (χ4v) is 3.05. The van der Waals surface area contributed by atoms with Crippen molar-refractivity contribution in [3.05, 3.63) is 34.9 Å². The summed E-state index contributed by atoms with van der Waals surface area (Å²) in [4.78, 5) is 24.3. The summed E-state index contributed by atoms with van der Waals surface area (Å²) < 4.78 is 38.8. The number of amides is 1. The number of rotatable bonds is 5. The molecule has 0 aromatic heterocycles. The number of carboxylic acids is 1. The van der Waals surface area contributed by atoms with Crippen molar-refractivity contribution in [2.75, 3.05) is 19.6 Å². The van der Waals surface area contributed by atoms with Gasteiger partial charge in [0.15, 0.2) is 0 Å². The maximum Gasteiger partial charge on any atom is 0.393 e. The summed E-state index contributed by atoms with van der Waals surface area (Å²) in [5.74, 6) is -5.48. The normalized spacial score (nSPS) is 22.6. The van der Waals surface area contributed by atoms with Gasteiger partial charge < -0.3 is 10.4 Å². The maximum absolute atomic E-state index is 12.9. The highest BCUT2D eigenvalue weighted by Crippen LogP contribution is 2.37. The van der Waals surface area contributed by atoms with Crippen molar-refractivity contribution in [1.29, 1.82) is 0 Å². The molecule has 1 heterocycles. The van der Waals surface area contributed by atoms with Gasteiger partial charge in [-0.25, -0.2) is 0 Å². The maximum atomic E-state index is 12.9. The topological polar surface area (TPSA) is 69.6 Å². The highest BCUT2D eigenvalue weighted by Gasteiger charge is 2.52. The number of nitrogens with zero attached hydrogens (tertiary/aromatic N) is 1. The SMILES string of the molecule is CC(NC(=O)CN1C[C@@H](C(F)(F)F)[C@H](C(=O)O)C1)c1ccc(Cl)cc1. The van der Waals surface area contributed by atoms with E-state index in [0.29, 0.717) is 5.02 Å². The van der Waals surface area contributed by atoms with Gasteiger partial charge in [0.05, 0.1) is 24.4 Å². The molecular weight excluding hydrogens is 361 g/mol. The third kappa shape index (κ3) is 5.09. The molecule has 0 bridgehead atoms. The van der Waals surface area contributed by atoms with E-state index in [4.69, 9.17) is 16.7 Å². The Morgan fingerprint density at radius 2 is 1.92 bits per heavy atom. The lowest BCUT2D eigenvalue weighted by molar-refractivity contribution is -0.188. The van der Waals surface area contributed by atoms with Crippen LogP contribution in [-0.4, -0.2) is 47.7 Å². The molecule has 0 saturated carbocycles.